The molecule has 0 fully saturated rings. The number of benzene rings is 3. The highest BCUT2D eigenvalue weighted by atomic mass is 32.2. The summed E-state index contributed by atoms with van der Waals surface area (Å²) in [5.74, 6) is -2.70. The fraction of sp³-hybridized carbons (Fsp3) is 0.130. The van der Waals surface area contributed by atoms with Crippen LogP contribution in [0.4, 0.5) is 20.2 Å². The standard InChI is InChI=1S/C23H20F2N2O4S/c1-15-3-10-20(11-4-15)32(30,31)27(19-8-5-17(6-9-19)16(2)28)14-23(29)26-22-13-18(24)7-12-21(22)25/h3-13H,14H2,1-2H3,(H,26,29). The number of nitrogens with one attached hydrogen (secondary N) is 1. The summed E-state index contributed by atoms with van der Waals surface area (Å²) in [5, 5.41) is 2.20. The number of ketones is 1. The summed E-state index contributed by atoms with van der Waals surface area (Å²) in [7, 11) is -4.19. The fourth-order valence-electron chi connectivity index (χ4n) is 2.93. The number of hydrogen-bond acceptors (Lipinski definition) is 4. The summed E-state index contributed by atoms with van der Waals surface area (Å²) >= 11 is 0. The van der Waals surface area contributed by atoms with Crippen LogP contribution in [0.3, 0.4) is 0 Å². The van der Waals surface area contributed by atoms with Gasteiger partial charge in [-0.2, -0.15) is 0 Å². The van der Waals surface area contributed by atoms with E-state index in [2.05, 4.69) is 5.32 Å². The van der Waals surface area contributed by atoms with Gasteiger partial charge in [0.1, 0.15) is 18.2 Å². The van der Waals surface area contributed by atoms with E-state index in [1.165, 1.54) is 43.3 Å². The van der Waals surface area contributed by atoms with Crippen molar-refractivity contribution in [2.45, 2.75) is 18.7 Å². The summed E-state index contributed by atoms with van der Waals surface area (Å²) in [6, 6.07) is 14.3. The van der Waals surface area contributed by atoms with Crippen molar-refractivity contribution in [3.05, 3.63) is 89.5 Å². The van der Waals surface area contributed by atoms with Crippen molar-refractivity contribution < 1.29 is 26.8 Å². The summed E-state index contributed by atoms with van der Waals surface area (Å²) in [5.41, 5.74) is 0.938. The Kier molecular flexibility index (Phi) is 6.69. The van der Waals surface area contributed by atoms with Gasteiger partial charge < -0.3 is 5.32 Å². The molecule has 0 radical (unpaired) electrons. The summed E-state index contributed by atoms with van der Waals surface area (Å²) in [6.07, 6.45) is 0. The van der Waals surface area contributed by atoms with Crippen LogP contribution in [0.25, 0.3) is 0 Å². The summed E-state index contributed by atoms with van der Waals surface area (Å²) < 4.78 is 54.8. The third-order valence-electron chi connectivity index (χ3n) is 4.66. The molecule has 1 N–H and O–H groups in total. The van der Waals surface area contributed by atoms with E-state index in [0.29, 0.717) is 5.56 Å². The van der Waals surface area contributed by atoms with Crippen LogP contribution in [-0.2, 0) is 14.8 Å². The van der Waals surface area contributed by atoms with Crippen molar-refractivity contribution >= 4 is 33.1 Å². The van der Waals surface area contributed by atoms with Gasteiger partial charge in [0, 0.05) is 11.6 Å². The lowest BCUT2D eigenvalue weighted by Crippen LogP contribution is -2.38. The van der Waals surface area contributed by atoms with E-state index in [1.807, 2.05) is 0 Å². The van der Waals surface area contributed by atoms with Crippen LogP contribution in [0.2, 0.25) is 0 Å². The molecule has 0 aromatic heterocycles. The monoisotopic (exact) mass is 458 g/mol. The first-order valence-electron chi connectivity index (χ1n) is 9.53. The van der Waals surface area contributed by atoms with E-state index in [1.54, 1.807) is 19.1 Å². The molecular formula is C23H20F2N2O4S. The quantitative estimate of drug-likeness (QED) is 0.535. The van der Waals surface area contributed by atoms with Crippen LogP contribution in [0.15, 0.2) is 71.6 Å². The van der Waals surface area contributed by atoms with Crippen molar-refractivity contribution in [3.63, 3.8) is 0 Å². The lowest BCUT2D eigenvalue weighted by Gasteiger charge is -2.24. The van der Waals surface area contributed by atoms with Gasteiger partial charge in [-0.15, -0.1) is 0 Å². The number of sulfonamides is 1. The number of aryl methyl sites for hydroxylation is 1. The Morgan fingerprint density at radius 1 is 0.938 bits per heavy atom. The van der Waals surface area contributed by atoms with Crippen molar-refractivity contribution in [1.82, 2.24) is 0 Å². The molecule has 0 atom stereocenters. The lowest BCUT2D eigenvalue weighted by molar-refractivity contribution is -0.114. The number of halogens is 2. The number of carbonyl (C=O) groups excluding carboxylic acids is 2. The number of anilines is 2. The molecule has 166 valence electrons. The maximum Gasteiger partial charge on any atom is 0.264 e. The van der Waals surface area contributed by atoms with Crippen molar-refractivity contribution in [1.29, 1.82) is 0 Å². The third kappa shape index (κ3) is 5.17. The molecule has 0 saturated heterocycles. The lowest BCUT2D eigenvalue weighted by atomic mass is 10.1. The molecule has 3 aromatic rings. The largest absolute Gasteiger partial charge is 0.322 e. The van der Waals surface area contributed by atoms with E-state index < -0.39 is 39.8 Å². The molecule has 0 heterocycles. The summed E-state index contributed by atoms with van der Waals surface area (Å²) in [6.45, 7) is 2.47. The molecule has 9 heteroatoms. The van der Waals surface area contributed by atoms with Gasteiger partial charge in [-0.3, -0.25) is 13.9 Å². The van der Waals surface area contributed by atoms with Gasteiger partial charge in [-0.25, -0.2) is 17.2 Å². The first-order chi connectivity index (χ1) is 15.1. The molecule has 0 aliphatic heterocycles. The van der Waals surface area contributed by atoms with Crippen molar-refractivity contribution in [2.24, 2.45) is 0 Å². The number of amides is 1. The maximum atomic E-state index is 13.9. The molecule has 0 bridgehead atoms. The molecule has 0 unspecified atom stereocenters. The minimum atomic E-state index is -4.19. The van der Waals surface area contributed by atoms with Crippen LogP contribution in [0.1, 0.15) is 22.8 Å². The van der Waals surface area contributed by atoms with Gasteiger partial charge in [0.25, 0.3) is 10.0 Å². The molecule has 3 aromatic carbocycles. The Morgan fingerprint density at radius 2 is 1.56 bits per heavy atom. The first kappa shape index (κ1) is 23.1. The number of hydrogen-bond donors (Lipinski definition) is 1. The van der Waals surface area contributed by atoms with E-state index in [-0.39, 0.29) is 16.4 Å². The predicted octanol–water partition coefficient (Wildman–Crippen LogP) is 4.31. The first-order valence-corrected chi connectivity index (χ1v) is 11.0. The molecule has 0 aliphatic carbocycles. The number of carbonyl (C=O) groups is 2. The van der Waals surface area contributed by atoms with Gasteiger partial charge in [-0.05, 0) is 62.4 Å². The average molecular weight is 458 g/mol. The second kappa shape index (κ2) is 9.27. The zero-order valence-corrected chi connectivity index (χ0v) is 18.1. The van der Waals surface area contributed by atoms with Gasteiger partial charge in [0.05, 0.1) is 16.3 Å². The highest BCUT2D eigenvalue weighted by Gasteiger charge is 2.27. The molecule has 1 amide bonds. The maximum absolute atomic E-state index is 13.9. The molecule has 6 nitrogen and oxygen atoms in total. The number of rotatable bonds is 7. The molecule has 0 saturated carbocycles. The molecule has 0 spiro atoms. The van der Waals surface area contributed by atoms with Crippen LogP contribution in [-0.4, -0.2) is 26.7 Å². The zero-order chi connectivity index (χ0) is 23.5. The van der Waals surface area contributed by atoms with Gasteiger partial charge in [0.15, 0.2) is 5.78 Å². The zero-order valence-electron chi connectivity index (χ0n) is 17.3. The van der Waals surface area contributed by atoms with Crippen LogP contribution in [0.5, 0.6) is 0 Å². The highest BCUT2D eigenvalue weighted by Crippen LogP contribution is 2.25. The normalized spacial score (nSPS) is 11.1. The molecule has 0 aliphatic rings. The molecule has 32 heavy (non-hydrogen) atoms. The SMILES string of the molecule is CC(=O)c1ccc(N(CC(=O)Nc2cc(F)ccc2F)S(=O)(=O)c2ccc(C)cc2)cc1. The van der Waals surface area contributed by atoms with E-state index in [0.717, 1.165) is 28.1 Å². The second-order valence-corrected chi connectivity index (χ2v) is 8.96. The van der Waals surface area contributed by atoms with Crippen LogP contribution >= 0.6 is 0 Å². The fourth-order valence-corrected chi connectivity index (χ4v) is 4.35. The minimum Gasteiger partial charge on any atom is -0.322 e. The Morgan fingerprint density at radius 3 is 2.16 bits per heavy atom. The Labute approximate surface area is 184 Å². The third-order valence-corrected chi connectivity index (χ3v) is 6.45. The molecular weight excluding hydrogens is 438 g/mol. The van der Waals surface area contributed by atoms with Gasteiger partial charge in [-0.1, -0.05) is 17.7 Å². The smallest absolute Gasteiger partial charge is 0.264 e. The van der Waals surface area contributed by atoms with Crippen molar-refractivity contribution in [2.75, 3.05) is 16.2 Å². The number of Topliss-reactive ketones (excluding diaryl/α,β-unsaturated/α-hetero) is 1. The number of nitrogens with zero attached hydrogens (tertiary/aromatic N) is 1. The van der Waals surface area contributed by atoms with E-state index in [4.69, 9.17) is 0 Å². The summed E-state index contributed by atoms with van der Waals surface area (Å²) in [4.78, 5) is 24.1. The van der Waals surface area contributed by atoms with Crippen LogP contribution < -0.4 is 9.62 Å². The van der Waals surface area contributed by atoms with Crippen molar-refractivity contribution in [3.8, 4) is 0 Å². The van der Waals surface area contributed by atoms with Gasteiger partial charge in [0.2, 0.25) is 5.91 Å². The predicted molar refractivity (Wildman–Crippen MR) is 117 cm³/mol. The average Bonchev–Trinajstić information content (AvgIpc) is 2.75. The molecule has 3 rings (SSSR count). The van der Waals surface area contributed by atoms with E-state index in [9.17, 15) is 26.8 Å². The van der Waals surface area contributed by atoms with Crippen LogP contribution in [0, 0.1) is 18.6 Å². The second-order valence-electron chi connectivity index (χ2n) is 7.10. The van der Waals surface area contributed by atoms with Gasteiger partial charge >= 0.3 is 0 Å². The Hall–Kier alpha value is -3.59. The van der Waals surface area contributed by atoms with E-state index >= 15 is 0 Å². The minimum absolute atomic E-state index is 0.0523. The highest BCUT2D eigenvalue weighted by molar-refractivity contribution is 7.92. The Bertz CT molecular complexity index is 1260. The topological polar surface area (TPSA) is 83.6 Å². The Balaban J connectivity index is 1.98.